The van der Waals surface area contributed by atoms with Gasteiger partial charge in [0.05, 0.1) is 11.2 Å². The monoisotopic (exact) mass is 376 g/mol. The molecule has 0 aliphatic rings. The Morgan fingerprint density at radius 2 is 1.96 bits per heavy atom. The van der Waals surface area contributed by atoms with Gasteiger partial charge in [-0.25, -0.2) is 13.4 Å². The fraction of sp³-hybridized carbons (Fsp3) is 0.294. The number of hydrogen-bond acceptors (Lipinski definition) is 6. The van der Waals surface area contributed by atoms with Gasteiger partial charge < -0.3 is 9.15 Å². The Morgan fingerprint density at radius 3 is 2.54 bits per heavy atom. The van der Waals surface area contributed by atoms with E-state index in [2.05, 4.69) is 10.1 Å². The highest BCUT2D eigenvalue weighted by atomic mass is 32.2. The van der Waals surface area contributed by atoms with E-state index in [0.717, 1.165) is 5.56 Å². The molecule has 3 rings (SSSR count). The molecule has 0 aliphatic carbocycles. The molecule has 138 valence electrons. The lowest BCUT2D eigenvalue weighted by Crippen LogP contribution is -2.26. The summed E-state index contributed by atoms with van der Waals surface area (Å²) in [6, 6.07) is 8.07. The van der Waals surface area contributed by atoms with Gasteiger partial charge in [-0.15, -0.1) is 0 Å². The van der Waals surface area contributed by atoms with Crippen molar-refractivity contribution >= 4 is 10.0 Å². The molecule has 1 aromatic carbocycles. The molecule has 0 N–H and O–H groups in total. The molecule has 0 fully saturated rings. The SMILES string of the molecule is Cc1occc1CN(C)S(=O)(=O)c1ccc(OCc2ncnn2C)cc1. The normalized spacial score (nSPS) is 11.8. The van der Waals surface area contributed by atoms with E-state index in [9.17, 15) is 8.42 Å². The minimum Gasteiger partial charge on any atom is -0.486 e. The number of ether oxygens (including phenoxy) is 1. The Hall–Kier alpha value is -2.65. The van der Waals surface area contributed by atoms with Gasteiger partial charge in [-0.05, 0) is 37.3 Å². The summed E-state index contributed by atoms with van der Waals surface area (Å²) in [4.78, 5) is 4.27. The molecular formula is C17H20N4O4S. The fourth-order valence-corrected chi connectivity index (χ4v) is 3.54. The van der Waals surface area contributed by atoms with Crippen LogP contribution in [0.2, 0.25) is 0 Å². The molecule has 2 heterocycles. The zero-order valence-corrected chi connectivity index (χ0v) is 15.6. The van der Waals surface area contributed by atoms with Crippen LogP contribution in [0.3, 0.4) is 0 Å². The summed E-state index contributed by atoms with van der Waals surface area (Å²) in [5.41, 5.74) is 0.833. The minimum absolute atomic E-state index is 0.201. The molecule has 0 radical (unpaired) electrons. The average molecular weight is 376 g/mol. The van der Waals surface area contributed by atoms with Crippen molar-refractivity contribution in [3.05, 3.63) is 60.1 Å². The molecule has 0 atom stereocenters. The third-order valence-electron chi connectivity index (χ3n) is 4.06. The Balaban J connectivity index is 1.68. The number of nitrogens with zero attached hydrogens (tertiary/aromatic N) is 4. The molecule has 0 amide bonds. The van der Waals surface area contributed by atoms with Crippen LogP contribution < -0.4 is 4.74 Å². The molecule has 0 saturated heterocycles. The topological polar surface area (TPSA) is 90.5 Å². The van der Waals surface area contributed by atoms with Crippen LogP contribution in [0, 0.1) is 6.92 Å². The maximum Gasteiger partial charge on any atom is 0.243 e. The van der Waals surface area contributed by atoms with E-state index < -0.39 is 10.0 Å². The first-order valence-electron chi connectivity index (χ1n) is 7.93. The van der Waals surface area contributed by atoms with Crippen LogP contribution >= 0.6 is 0 Å². The molecular weight excluding hydrogens is 356 g/mol. The quantitative estimate of drug-likeness (QED) is 0.627. The third kappa shape index (κ3) is 3.78. The van der Waals surface area contributed by atoms with Crippen molar-refractivity contribution in [3.63, 3.8) is 0 Å². The van der Waals surface area contributed by atoms with E-state index in [0.29, 0.717) is 17.3 Å². The number of furan rings is 1. The lowest BCUT2D eigenvalue weighted by molar-refractivity contribution is 0.289. The summed E-state index contributed by atoms with van der Waals surface area (Å²) in [5.74, 6) is 1.94. The molecule has 2 aromatic heterocycles. The molecule has 0 unspecified atom stereocenters. The number of sulfonamides is 1. The number of rotatable bonds is 7. The Kier molecular flexibility index (Phi) is 5.10. The van der Waals surface area contributed by atoms with Crippen molar-refractivity contribution < 1.29 is 17.6 Å². The van der Waals surface area contributed by atoms with Gasteiger partial charge in [0, 0.05) is 26.2 Å². The van der Waals surface area contributed by atoms with E-state index in [4.69, 9.17) is 9.15 Å². The molecule has 0 aliphatic heterocycles. The largest absolute Gasteiger partial charge is 0.486 e. The first-order chi connectivity index (χ1) is 12.4. The number of aromatic nitrogens is 3. The van der Waals surface area contributed by atoms with Crippen molar-refractivity contribution in [1.29, 1.82) is 0 Å². The van der Waals surface area contributed by atoms with Crippen LogP contribution in [0.5, 0.6) is 5.75 Å². The molecule has 3 aromatic rings. The van der Waals surface area contributed by atoms with Gasteiger partial charge >= 0.3 is 0 Å². The number of hydrogen-bond donors (Lipinski definition) is 0. The van der Waals surface area contributed by atoms with Crippen LogP contribution in [-0.4, -0.2) is 34.5 Å². The van der Waals surface area contributed by atoms with Gasteiger partial charge in [-0.3, -0.25) is 4.68 Å². The average Bonchev–Trinajstić information content (AvgIpc) is 3.21. The van der Waals surface area contributed by atoms with E-state index in [1.807, 2.05) is 0 Å². The molecule has 0 spiro atoms. The lowest BCUT2D eigenvalue weighted by atomic mass is 10.3. The highest BCUT2D eigenvalue weighted by molar-refractivity contribution is 7.89. The van der Waals surface area contributed by atoms with Crippen LogP contribution in [-0.2, 0) is 30.2 Å². The summed E-state index contributed by atoms with van der Waals surface area (Å²) < 4.78 is 39.1. The molecule has 9 heteroatoms. The van der Waals surface area contributed by atoms with Crippen molar-refractivity contribution in [1.82, 2.24) is 19.1 Å². The summed E-state index contributed by atoms with van der Waals surface area (Å²) >= 11 is 0. The maximum atomic E-state index is 12.7. The number of aryl methyl sites for hydroxylation is 2. The maximum absolute atomic E-state index is 12.7. The number of benzene rings is 1. The zero-order valence-electron chi connectivity index (χ0n) is 14.8. The van der Waals surface area contributed by atoms with E-state index >= 15 is 0 Å². The summed E-state index contributed by atoms with van der Waals surface area (Å²) in [5, 5.41) is 3.97. The fourth-order valence-electron chi connectivity index (χ4n) is 2.39. The summed E-state index contributed by atoms with van der Waals surface area (Å²) in [6.45, 7) is 2.30. The Labute approximate surface area is 152 Å². The van der Waals surface area contributed by atoms with Crippen molar-refractivity contribution in [2.75, 3.05) is 7.05 Å². The Bertz CT molecular complexity index is 976. The predicted octanol–water partition coefficient (Wildman–Crippen LogP) is 2.12. The molecule has 26 heavy (non-hydrogen) atoms. The Morgan fingerprint density at radius 1 is 1.23 bits per heavy atom. The minimum atomic E-state index is -3.60. The summed E-state index contributed by atoms with van der Waals surface area (Å²) in [6.07, 6.45) is 3.00. The zero-order chi connectivity index (χ0) is 18.7. The van der Waals surface area contributed by atoms with Gasteiger partial charge in [0.15, 0.2) is 5.82 Å². The molecule has 0 bridgehead atoms. The highest BCUT2D eigenvalue weighted by Gasteiger charge is 2.22. The van der Waals surface area contributed by atoms with E-state index in [1.54, 1.807) is 50.2 Å². The van der Waals surface area contributed by atoms with E-state index in [-0.39, 0.29) is 18.0 Å². The van der Waals surface area contributed by atoms with Crippen LogP contribution in [0.25, 0.3) is 0 Å². The van der Waals surface area contributed by atoms with Crippen LogP contribution in [0.15, 0.2) is 52.2 Å². The molecule has 0 saturated carbocycles. The van der Waals surface area contributed by atoms with Crippen LogP contribution in [0.1, 0.15) is 17.1 Å². The second-order valence-electron chi connectivity index (χ2n) is 5.82. The highest BCUT2D eigenvalue weighted by Crippen LogP contribution is 2.21. The first kappa shape index (κ1) is 18.2. The van der Waals surface area contributed by atoms with Crippen molar-refractivity contribution in [3.8, 4) is 5.75 Å². The third-order valence-corrected chi connectivity index (χ3v) is 5.88. The summed E-state index contributed by atoms with van der Waals surface area (Å²) in [7, 11) is -0.285. The van der Waals surface area contributed by atoms with Crippen molar-refractivity contribution in [2.45, 2.75) is 25.0 Å². The van der Waals surface area contributed by atoms with Crippen molar-refractivity contribution in [2.24, 2.45) is 7.05 Å². The van der Waals surface area contributed by atoms with Gasteiger partial charge in [-0.2, -0.15) is 9.40 Å². The predicted molar refractivity (Wildman–Crippen MR) is 93.9 cm³/mol. The first-order valence-corrected chi connectivity index (χ1v) is 9.37. The standard InChI is InChI=1S/C17H20N4O4S/c1-13-14(8-9-24-13)10-20(2)26(22,23)16-6-4-15(5-7-16)25-11-17-18-12-19-21(17)3/h4-9,12H,10-11H2,1-3H3. The van der Waals surface area contributed by atoms with E-state index in [1.165, 1.54) is 22.8 Å². The second kappa shape index (κ2) is 7.30. The molecule has 8 nitrogen and oxygen atoms in total. The lowest BCUT2D eigenvalue weighted by Gasteiger charge is -2.17. The van der Waals surface area contributed by atoms with Gasteiger partial charge in [0.25, 0.3) is 0 Å². The van der Waals surface area contributed by atoms with Gasteiger partial charge in [0.2, 0.25) is 10.0 Å². The second-order valence-corrected chi connectivity index (χ2v) is 7.87. The van der Waals surface area contributed by atoms with Crippen LogP contribution in [0.4, 0.5) is 0 Å². The smallest absolute Gasteiger partial charge is 0.243 e. The van der Waals surface area contributed by atoms with Gasteiger partial charge in [0.1, 0.15) is 24.4 Å². The van der Waals surface area contributed by atoms with Gasteiger partial charge in [-0.1, -0.05) is 0 Å².